The van der Waals surface area contributed by atoms with Crippen LogP contribution in [0.2, 0.25) is 0 Å². The zero-order valence-electron chi connectivity index (χ0n) is 18.1. The predicted octanol–water partition coefficient (Wildman–Crippen LogP) is 1.12. The molecule has 5 rings (SSSR count). The van der Waals surface area contributed by atoms with Gasteiger partial charge in [0.2, 0.25) is 15.2 Å². The highest BCUT2D eigenvalue weighted by atomic mass is 32.2. The Morgan fingerprint density at radius 2 is 1.91 bits per heavy atom. The minimum absolute atomic E-state index is 0.137. The first-order chi connectivity index (χ1) is 15.3. The highest BCUT2D eigenvalue weighted by molar-refractivity contribution is 7.89. The third-order valence-electron chi connectivity index (χ3n) is 6.04. The largest absolute Gasteiger partial charge is 0.379 e. The number of ether oxygens (including phenoxy) is 1. The Morgan fingerprint density at radius 1 is 1.16 bits per heavy atom. The van der Waals surface area contributed by atoms with Crippen molar-refractivity contribution < 1.29 is 13.2 Å². The number of fused-ring (bicyclic) bond motifs is 1. The average molecular weight is 479 g/mol. The molecule has 1 aliphatic carbocycles. The summed E-state index contributed by atoms with van der Waals surface area (Å²) in [6.45, 7) is 7.94. The van der Waals surface area contributed by atoms with Gasteiger partial charge in [-0.3, -0.25) is 9.47 Å². The monoisotopic (exact) mass is 478 g/mol. The van der Waals surface area contributed by atoms with E-state index in [9.17, 15) is 13.2 Å². The van der Waals surface area contributed by atoms with E-state index in [1.165, 1.54) is 15.9 Å². The maximum atomic E-state index is 13.4. The maximum Gasteiger partial charge on any atom is 0.335 e. The Hall–Kier alpha value is -2.12. The van der Waals surface area contributed by atoms with E-state index in [0.717, 1.165) is 30.9 Å². The average Bonchev–Trinajstić information content (AvgIpc) is 3.20. The zero-order chi connectivity index (χ0) is 22.5. The predicted molar refractivity (Wildman–Crippen MR) is 121 cm³/mol. The summed E-state index contributed by atoms with van der Waals surface area (Å²) in [5.74, 6) is 0. The number of rotatable bonds is 7. The molecule has 3 heterocycles. The minimum Gasteiger partial charge on any atom is -0.379 e. The Balaban J connectivity index is 1.58. The number of hydrogen-bond acceptors (Lipinski definition) is 8. The fourth-order valence-corrected chi connectivity index (χ4v) is 6.10. The molecule has 10 nitrogen and oxygen atoms in total. The van der Waals surface area contributed by atoms with Crippen molar-refractivity contribution in [3.8, 4) is 5.13 Å². The first-order valence-electron chi connectivity index (χ1n) is 10.7. The zero-order valence-corrected chi connectivity index (χ0v) is 19.7. The van der Waals surface area contributed by atoms with Gasteiger partial charge in [-0.15, -0.1) is 10.2 Å². The Morgan fingerprint density at radius 3 is 2.56 bits per heavy atom. The van der Waals surface area contributed by atoms with Gasteiger partial charge in [-0.2, -0.15) is 0 Å². The fourth-order valence-electron chi connectivity index (χ4n) is 3.92. The summed E-state index contributed by atoms with van der Waals surface area (Å²) in [4.78, 5) is 15.8. The molecule has 2 aliphatic rings. The van der Waals surface area contributed by atoms with E-state index in [2.05, 4.69) is 19.8 Å². The number of nitrogens with one attached hydrogen (secondary N) is 1. The number of nitrogens with zero attached hydrogens (tertiary/aromatic N) is 5. The number of hydrogen-bond donors (Lipinski definition) is 1. The summed E-state index contributed by atoms with van der Waals surface area (Å²) < 4.78 is 37.3. The van der Waals surface area contributed by atoms with Crippen LogP contribution in [0.5, 0.6) is 0 Å². The fraction of sp³-hybridized carbons (Fsp3) is 0.550. The molecular formula is C20H26N6O4S2. The number of benzene rings is 1. The summed E-state index contributed by atoms with van der Waals surface area (Å²) in [6, 6.07) is 4.84. The molecule has 3 aromatic rings. The lowest BCUT2D eigenvalue weighted by Gasteiger charge is -2.26. The first-order valence-corrected chi connectivity index (χ1v) is 13.0. The van der Waals surface area contributed by atoms with Crippen LogP contribution >= 0.6 is 11.3 Å². The molecule has 0 amide bonds. The van der Waals surface area contributed by atoms with E-state index in [4.69, 9.17) is 4.74 Å². The molecule has 0 bridgehead atoms. The van der Waals surface area contributed by atoms with Gasteiger partial charge in [0.25, 0.3) is 0 Å². The maximum absolute atomic E-state index is 13.4. The third-order valence-corrected chi connectivity index (χ3v) is 8.50. The second-order valence-corrected chi connectivity index (χ2v) is 11.5. The van der Waals surface area contributed by atoms with Gasteiger partial charge >= 0.3 is 5.69 Å². The van der Waals surface area contributed by atoms with Crippen LogP contribution in [-0.4, -0.2) is 71.0 Å². The van der Waals surface area contributed by atoms with E-state index in [0.29, 0.717) is 42.5 Å². The van der Waals surface area contributed by atoms with Gasteiger partial charge in [-0.05, 0) is 44.9 Å². The van der Waals surface area contributed by atoms with E-state index in [1.54, 1.807) is 22.8 Å². The normalized spacial score (nSPS) is 18.9. The van der Waals surface area contributed by atoms with Gasteiger partial charge < -0.3 is 4.74 Å². The van der Waals surface area contributed by atoms with Crippen LogP contribution in [0.15, 0.2) is 27.9 Å². The lowest BCUT2D eigenvalue weighted by Crippen LogP contribution is -2.39. The molecule has 2 fully saturated rings. The molecule has 0 spiro atoms. The van der Waals surface area contributed by atoms with Crippen LogP contribution < -0.4 is 10.4 Å². The molecule has 1 N–H and O–H groups in total. The standard InChI is InChI=1S/C20H26N6O4S2/c1-14-21-22-18(31-14)26-17-13-15(32(28,29)23-20(2)5-6-20)3-4-16(17)25(19(26)27)8-7-24-9-11-30-12-10-24/h3-4,13,23H,5-12H2,1-2H3. The van der Waals surface area contributed by atoms with Gasteiger partial charge in [0.15, 0.2) is 0 Å². The van der Waals surface area contributed by atoms with Crippen LogP contribution in [-0.2, 0) is 21.3 Å². The quantitative estimate of drug-likeness (QED) is 0.542. The number of aromatic nitrogens is 4. The van der Waals surface area contributed by atoms with Gasteiger partial charge in [0, 0.05) is 31.7 Å². The molecule has 1 aromatic carbocycles. The summed E-state index contributed by atoms with van der Waals surface area (Å²) in [6.07, 6.45) is 1.64. The second-order valence-electron chi connectivity index (χ2n) is 8.64. The lowest BCUT2D eigenvalue weighted by atomic mass is 10.3. The van der Waals surface area contributed by atoms with Crippen molar-refractivity contribution in [3.05, 3.63) is 33.7 Å². The van der Waals surface area contributed by atoms with Crippen molar-refractivity contribution in [2.24, 2.45) is 0 Å². The van der Waals surface area contributed by atoms with Crippen LogP contribution in [0.1, 0.15) is 24.8 Å². The number of sulfonamides is 1. The lowest BCUT2D eigenvalue weighted by molar-refractivity contribution is 0.0364. The first kappa shape index (κ1) is 21.7. The Labute approximate surface area is 189 Å². The molecule has 0 atom stereocenters. The summed E-state index contributed by atoms with van der Waals surface area (Å²) in [5.41, 5.74) is 0.555. The Bertz CT molecular complexity index is 1320. The van der Waals surface area contributed by atoms with Crippen molar-refractivity contribution in [2.75, 3.05) is 32.8 Å². The molecule has 172 valence electrons. The van der Waals surface area contributed by atoms with Gasteiger partial charge in [-0.25, -0.2) is 22.5 Å². The molecule has 1 saturated carbocycles. The van der Waals surface area contributed by atoms with Crippen LogP contribution in [0.3, 0.4) is 0 Å². The van der Waals surface area contributed by atoms with E-state index >= 15 is 0 Å². The van der Waals surface area contributed by atoms with Gasteiger partial charge in [-0.1, -0.05) is 11.3 Å². The smallest absolute Gasteiger partial charge is 0.335 e. The van der Waals surface area contributed by atoms with E-state index < -0.39 is 10.0 Å². The van der Waals surface area contributed by atoms with E-state index in [-0.39, 0.29) is 16.1 Å². The summed E-state index contributed by atoms with van der Waals surface area (Å²) >= 11 is 1.30. The Kier molecular flexibility index (Phi) is 5.45. The summed E-state index contributed by atoms with van der Waals surface area (Å²) in [7, 11) is -3.70. The van der Waals surface area contributed by atoms with Crippen LogP contribution in [0.4, 0.5) is 0 Å². The summed E-state index contributed by atoms with van der Waals surface area (Å²) in [5, 5.41) is 9.35. The number of aryl methyl sites for hydroxylation is 1. The topological polar surface area (TPSA) is 111 Å². The molecule has 2 aromatic heterocycles. The molecule has 0 radical (unpaired) electrons. The van der Waals surface area contributed by atoms with Gasteiger partial charge in [0.05, 0.1) is 29.1 Å². The molecule has 32 heavy (non-hydrogen) atoms. The minimum atomic E-state index is -3.70. The number of morpholine rings is 1. The molecule has 0 unspecified atom stereocenters. The van der Waals surface area contributed by atoms with Gasteiger partial charge in [0.1, 0.15) is 5.01 Å². The van der Waals surface area contributed by atoms with Crippen molar-refractivity contribution in [1.82, 2.24) is 29.0 Å². The SMILES string of the molecule is Cc1nnc(-n2c(=O)n(CCN3CCOCC3)c3ccc(S(=O)(=O)NC4(C)CC4)cc32)s1. The van der Waals surface area contributed by atoms with Crippen molar-refractivity contribution in [2.45, 2.75) is 43.7 Å². The van der Waals surface area contributed by atoms with Crippen molar-refractivity contribution in [3.63, 3.8) is 0 Å². The highest BCUT2D eigenvalue weighted by Crippen LogP contribution is 2.36. The van der Waals surface area contributed by atoms with E-state index in [1.807, 2.05) is 13.8 Å². The highest BCUT2D eigenvalue weighted by Gasteiger charge is 2.41. The second kappa shape index (κ2) is 8.03. The van der Waals surface area contributed by atoms with Crippen LogP contribution in [0.25, 0.3) is 16.2 Å². The molecule has 1 aliphatic heterocycles. The van der Waals surface area contributed by atoms with Crippen molar-refractivity contribution in [1.29, 1.82) is 0 Å². The number of imidazole rings is 1. The molecule has 1 saturated heterocycles. The van der Waals surface area contributed by atoms with Crippen molar-refractivity contribution >= 4 is 32.4 Å². The van der Waals surface area contributed by atoms with Crippen LogP contribution in [0, 0.1) is 6.92 Å². The third kappa shape index (κ3) is 4.13. The molecular weight excluding hydrogens is 452 g/mol. The molecule has 12 heteroatoms.